The van der Waals surface area contributed by atoms with Gasteiger partial charge >= 0.3 is 0 Å². The topological polar surface area (TPSA) is 105 Å². The van der Waals surface area contributed by atoms with Gasteiger partial charge in [-0.3, -0.25) is 9.59 Å². The summed E-state index contributed by atoms with van der Waals surface area (Å²) in [6, 6.07) is 9.14. The van der Waals surface area contributed by atoms with E-state index in [1.54, 1.807) is 13.0 Å². The zero-order valence-corrected chi connectivity index (χ0v) is 18.5. The van der Waals surface area contributed by atoms with Crippen molar-refractivity contribution in [2.24, 2.45) is 0 Å². The number of nitrogens with one attached hydrogen (secondary N) is 2. The fourth-order valence-corrected chi connectivity index (χ4v) is 5.50. The van der Waals surface area contributed by atoms with Crippen molar-refractivity contribution in [3.8, 4) is 5.75 Å². The van der Waals surface area contributed by atoms with Crippen molar-refractivity contribution in [3.05, 3.63) is 47.5 Å². The number of hydrogen-bond donors (Lipinski definition) is 2. The van der Waals surface area contributed by atoms with Gasteiger partial charge in [0, 0.05) is 12.2 Å². The highest BCUT2D eigenvalue weighted by atomic mass is 32.2. The van der Waals surface area contributed by atoms with E-state index in [1.165, 1.54) is 22.5 Å². The molecule has 1 fully saturated rings. The van der Waals surface area contributed by atoms with E-state index < -0.39 is 22.2 Å². The predicted molar refractivity (Wildman–Crippen MR) is 117 cm³/mol. The summed E-state index contributed by atoms with van der Waals surface area (Å²) in [6.07, 6.45) is 0.386. The standard InChI is InChI=1S/C22H25N3O5S/c1-13-6-7-16(11-14(13)2)23-22(27)19-5-4-10-25(19)31(28,29)17-8-9-20-18(12-17)24-21(26)15(3)30-20/h6-9,11-12,15,19H,4-5,10H2,1-3H3,(H,23,27)(H,24,26)/t15-,19-/m0/s1. The van der Waals surface area contributed by atoms with E-state index in [0.717, 1.165) is 11.1 Å². The Morgan fingerprint density at radius 1 is 1.16 bits per heavy atom. The molecule has 0 unspecified atom stereocenters. The van der Waals surface area contributed by atoms with Gasteiger partial charge in [-0.2, -0.15) is 4.31 Å². The summed E-state index contributed by atoms with van der Waals surface area (Å²) in [4.78, 5) is 24.8. The van der Waals surface area contributed by atoms with Gasteiger partial charge in [-0.25, -0.2) is 8.42 Å². The molecule has 2 aliphatic heterocycles. The number of ether oxygens (including phenoxy) is 1. The molecule has 2 N–H and O–H groups in total. The minimum absolute atomic E-state index is 0.00980. The first-order valence-electron chi connectivity index (χ1n) is 10.2. The van der Waals surface area contributed by atoms with Gasteiger partial charge in [-0.1, -0.05) is 6.07 Å². The summed E-state index contributed by atoms with van der Waals surface area (Å²) in [7, 11) is -3.94. The van der Waals surface area contributed by atoms with Crippen LogP contribution in [-0.2, 0) is 19.6 Å². The van der Waals surface area contributed by atoms with E-state index in [9.17, 15) is 18.0 Å². The van der Waals surface area contributed by atoms with Crippen LogP contribution in [0.2, 0.25) is 0 Å². The molecule has 0 saturated carbocycles. The van der Waals surface area contributed by atoms with E-state index in [1.807, 2.05) is 26.0 Å². The molecule has 4 rings (SSSR count). The van der Waals surface area contributed by atoms with E-state index in [-0.39, 0.29) is 23.3 Å². The van der Waals surface area contributed by atoms with E-state index in [4.69, 9.17) is 4.74 Å². The highest BCUT2D eigenvalue weighted by molar-refractivity contribution is 7.89. The lowest BCUT2D eigenvalue weighted by Crippen LogP contribution is -2.43. The summed E-state index contributed by atoms with van der Waals surface area (Å²) in [5.74, 6) is -0.280. The maximum atomic E-state index is 13.3. The first kappa shape index (κ1) is 21.3. The Balaban J connectivity index is 1.57. The van der Waals surface area contributed by atoms with E-state index in [2.05, 4.69) is 10.6 Å². The predicted octanol–water partition coefficient (Wildman–Crippen LogP) is 2.81. The molecule has 0 spiro atoms. The van der Waals surface area contributed by atoms with E-state index in [0.29, 0.717) is 30.0 Å². The third-order valence-electron chi connectivity index (χ3n) is 5.77. The van der Waals surface area contributed by atoms with Gasteiger partial charge < -0.3 is 15.4 Å². The maximum absolute atomic E-state index is 13.3. The molecule has 164 valence electrons. The quantitative estimate of drug-likeness (QED) is 0.756. The Morgan fingerprint density at radius 2 is 1.94 bits per heavy atom. The second kappa shape index (κ2) is 7.97. The molecule has 2 aromatic carbocycles. The van der Waals surface area contributed by atoms with Gasteiger partial charge in [0.1, 0.15) is 11.8 Å². The summed E-state index contributed by atoms with van der Waals surface area (Å²) in [6.45, 7) is 5.81. The molecule has 9 heteroatoms. The summed E-state index contributed by atoms with van der Waals surface area (Å²) in [5, 5.41) is 5.51. The largest absolute Gasteiger partial charge is 0.479 e. The molecule has 31 heavy (non-hydrogen) atoms. The second-order valence-corrected chi connectivity index (χ2v) is 9.86. The van der Waals surface area contributed by atoms with Gasteiger partial charge in [0.25, 0.3) is 5.91 Å². The molecule has 0 aliphatic carbocycles. The lowest BCUT2D eigenvalue weighted by atomic mass is 10.1. The Kier molecular flexibility index (Phi) is 5.49. The van der Waals surface area contributed by atoms with Gasteiger partial charge in [-0.05, 0) is 75.1 Å². The summed E-state index contributed by atoms with van der Waals surface area (Å²) >= 11 is 0. The van der Waals surface area contributed by atoms with Crippen LogP contribution in [0.3, 0.4) is 0 Å². The summed E-state index contributed by atoms with van der Waals surface area (Å²) < 4.78 is 33.4. The number of carbonyl (C=O) groups excluding carboxylic acids is 2. The number of benzene rings is 2. The third kappa shape index (κ3) is 4.03. The Morgan fingerprint density at radius 3 is 2.68 bits per heavy atom. The van der Waals surface area contributed by atoms with Crippen molar-refractivity contribution in [2.45, 2.75) is 50.7 Å². The average Bonchev–Trinajstić information content (AvgIpc) is 3.22. The Hall–Kier alpha value is -2.91. The van der Waals surface area contributed by atoms with Gasteiger partial charge in [0.15, 0.2) is 6.10 Å². The van der Waals surface area contributed by atoms with Crippen molar-refractivity contribution < 1.29 is 22.7 Å². The van der Waals surface area contributed by atoms with Crippen LogP contribution in [0.25, 0.3) is 0 Å². The van der Waals surface area contributed by atoms with Gasteiger partial charge in [0.2, 0.25) is 15.9 Å². The average molecular weight is 444 g/mol. The van der Waals surface area contributed by atoms with Crippen molar-refractivity contribution in [2.75, 3.05) is 17.2 Å². The lowest BCUT2D eigenvalue weighted by Gasteiger charge is -2.26. The number of carbonyl (C=O) groups is 2. The normalized spacial score (nSPS) is 21.2. The molecule has 8 nitrogen and oxygen atoms in total. The van der Waals surface area contributed by atoms with Crippen molar-refractivity contribution in [1.29, 1.82) is 0 Å². The molecule has 2 aromatic rings. The smallest absolute Gasteiger partial charge is 0.265 e. The molecule has 1 saturated heterocycles. The van der Waals surface area contributed by atoms with Crippen molar-refractivity contribution in [3.63, 3.8) is 0 Å². The number of amides is 2. The molecule has 0 aromatic heterocycles. The first-order valence-corrected chi connectivity index (χ1v) is 11.6. The number of sulfonamides is 1. The highest BCUT2D eigenvalue weighted by Gasteiger charge is 2.40. The fourth-order valence-electron chi connectivity index (χ4n) is 3.82. The van der Waals surface area contributed by atoms with Crippen LogP contribution in [-0.4, -0.2) is 43.2 Å². The second-order valence-electron chi connectivity index (χ2n) is 7.97. The molecule has 2 aliphatic rings. The molecular formula is C22H25N3O5S. The van der Waals surface area contributed by atoms with Crippen LogP contribution in [0, 0.1) is 13.8 Å². The van der Waals surface area contributed by atoms with Crippen molar-refractivity contribution >= 4 is 33.2 Å². The maximum Gasteiger partial charge on any atom is 0.265 e. The molecule has 0 radical (unpaired) electrons. The number of rotatable bonds is 4. The number of aryl methyl sites for hydroxylation is 2. The number of fused-ring (bicyclic) bond motifs is 1. The molecule has 0 bridgehead atoms. The zero-order chi connectivity index (χ0) is 22.3. The molecule has 2 amide bonds. The first-order chi connectivity index (χ1) is 14.7. The van der Waals surface area contributed by atoms with Crippen LogP contribution in [0.5, 0.6) is 5.75 Å². The van der Waals surface area contributed by atoms with Crippen LogP contribution in [0.1, 0.15) is 30.9 Å². The van der Waals surface area contributed by atoms with E-state index >= 15 is 0 Å². The highest BCUT2D eigenvalue weighted by Crippen LogP contribution is 2.34. The number of nitrogens with zero attached hydrogens (tertiary/aromatic N) is 1. The Bertz CT molecular complexity index is 1160. The molecule has 2 atom stereocenters. The third-order valence-corrected chi connectivity index (χ3v) is 7.67. The van der Waals surface area contributed by atoms with Gasteiger partial charge in [-0.15, -0.1) is 0 Å². The minimum Gasteiger partial charge on any atom is -0.479 e. The molecule has 2 heterocycles. The number of hydrogen-bond acceptors (Lipinski definition) is 5. The SMILES string of the molecule is Cc1ccc(NC(=O)[C@@H]2CCCN2S(=O)(=O)c2ccc3c(c2)NC(=O)[C@H](C)O3)cc1C. The Labute approximate surface area is 181 Å². The van der Waals surface area contributed by atoms with Crippen LogP contribution in [0.4, 0.5) is 11.4 Å². The lowest BCUT2D eigenvalue weighted by molar-refractivity contribution is -0.122. The zero-order valence-electron chi connectivity index (χ0n) is 17.6. The number of anilines is 2. The fraction of sp³-hybridized carbons (Fsp3) is 0.364. The van der Waals surface area contributed by atoms with Crippen LogP contribution < -0.4 is 15.4 Å². The van der Waals surface area contributed by atoms with Gasteiger partial charge in [0.05, 0.1) is 10.6 Å². The molecular weight excluding hydrogens is 418 g/mol. The van der Waals surface area contributed by atoms with Crippen LogP contribution in [0.15, 0.2) is 41.3 Å². The van der Waals surface area contributed by atoms with Crippen LogP contribution >= 0.6 is 0 Å². The summed E-state index contributed by atoms with van der Waals surface area (Å²) in [5.41, 5.74) is 3.10. The van der Waals surface area contributed by atoms with Crippen molar-refractivity contribution in [1.82, 2.24) is 4.31 Å². The monoisotopic (exact) mass is 443 g/mol. The minimum atomic E-state index is -3.94.